The first-order valence-electron chi connectivity index (χ1n) is 6.47. The maximum absolute atomic E-state index is 12.1. The average Bonchev–Trinajstić information content (AvgIpc) is 2.70. The zero-order chi connectivity index (χ0) is 15.0. The third-order valence-corrected chi connectivity index (χ3v) is 3.33. The van der Waals surface area contributed by atoms with Gasteiger partial charge in [-0.1, -0.05) is 11.6 Å². The quantitative estimate of drug-likeness (QED) is 0.885. The molecule has 1 heterocycles. The molecule has 0 saturated heterocycles. The number of alkyl halides is 3. The number of fused-ring (bicyclic) bond motifs is 1. The fourth-order valence-corrected chi connectivity index (χ4v) is 2.18. The van der Waals surface area contributed by atoms with Crippen LogP contribution in [0.25, 0.3) is 11.0 Å². The van der Waals surface area contributed by atoms with Gasteiger partial charge in [0.1, 0.15) is 16.9 Å². The summed E-state index contributed by atoms with van der Waals surface area (Å²) in [5, 5.41) is 11.1. The lowest BCUT2D eigenvalue weighted by Crippen LogP contribution is -2.21. The summed E-state index contributed by atoms with van der Waals surface area (Å²) in [6, 6.07) is 7.28. The molecule has 1 N–H and O–H groups in total. The van der Waals surface area contributed by atoms with Gasteiger partial charge in [0.05, 0.1) is 0 Å². The van der Waals surface area contributed by atoms with Crippen molar-refractivity contribution in [3.8, 4) is 0 Å². The summed E-state index contributed by atoms with van der Waals surface area (Å²) in [7, 11) is 0. The van der Waals surface area contributed by atoms with Gasteiger partial charge in [0, 0.05) is 11.8 Å². The van der Waals surface area contributed by atoms with E-state index in [1.807, 2.05) is 19.1 Å². The van der Waals surface area contributed by atoms with Gasteiger partial charge in [-0.05, 0) is 44.9 Å². The number of halogens is 3. The molecular weight excluding hydrogens is 269 g/mol. The normalized spacial score (nSPS) is 15.5. The number of aliphatic hydroxyl groups is 1. The molecule has 5 heteroatoms. The minimum absolute atomic E-state index is 0.00527. The Labute approximate surface area is 115 Å². The van der Waals surface area contributed by atoms with Crippen molar-refractivity contribution in [3.63, 3.8) is 0 Å². The van der Waals surface area contributed by atoms with Crippen LogP contribution in [0.4, 0.5) is 13.2 Å². The number of benzene rings is 1. The van der Waals surface area contributed by atoms with Crippen molar-refractivity contribution in [1.82, 2.24) is 0 Å². The van der Waals surface area contributed by atoms with E-state index in [0.717, 1.165) is 10.9 Å². The molecule has 2 aromatic rings. The van der Waals surface area contributed by atoms with Crippen molar-refractivity contribution in [1.29, 1.82) is 0 Å². The van der Waals surface area contributed by atoms with Crippen LogP contribution in [0.1, 0.15) is 37.5 Å². The molecule has 2 nitrogen and oxygen atoms in total. The van der Waals surface area contributed by atoms with Crippen LogP contribution in [0.2, 0.25) is 0 Å². The SMILES string of the molecule is Cc1ccc2oc(C(C)(O)CCCC(F)(F)F)cc2c1. The van der Waals surface area contributed by atoms with Crippen LogP contribution in [0.5, 0.6) is 0 Å². The van der Waals surface area contributed by atoms with E-state index in [0.29, 0.717) is 11.3 Å². The second-order valence-corrected chi connectivity index (χ2v) is 5.39. The summed E-state index contributed by atoms with van der Waals surface area (Å²) in [6.45, 7) is 3.42. The summed E-state index contributed by atoms with van der Waals surface area (Å²) >= 11 is 0. The first-order valence-corrected chi connectivity index (χ1v) is 6.47. The summed E-state index contributed by atoms with van der Waals surface area (Å²) in [6.07, 6.45) is -5.22. The zero-order valence-corrected chi connectivity index (χ0v) is 11.4. The van der Waals surface area contributed by atoms with Gasteiger partial charge in [-0.25, -0.2) is 0 Å². The van der Waals surface area contributed by atoms with Crippen molar-refractivity contribution >= 4 is 11.0 Å². The summed E-state index contributed by atoms with van der Waals surface area (Å²) in [5.41, 5.74) is 0.293. The Morgan fingerprint density at radius 1 is 1.15 bits per heavy atom. The lowest BCUT2D eigenvalue weighted by molar-refractivity contribution is -0.138. The molecular formula is C15H17F3O2. The molecule has 1 aromatic carbocycles. The maximum atomic E-state index is 12.1. The number of hydrogen-bond donors (Lipinski definition) is 1. The molecule has 1 unspecified atom stereocenters. The van der Waals surface area contributed by atoms with E-state index < -0.39 is 18.2 Å². The molecule has 0 aliphatic carbocycles. The van der Waals surface area contributed by atoms with Crippen molar-refractivity contribution in [2.45, 2.75) is 44.9 Å². The van der Waals surface area contributed by atoms with Gasteiger partial charge in [0.2, 0.25) is 0 Å². The topological polar surface area (TPSA) is 33.4 Å². The van der Waals surface area contributed by atoms with Crippen LogP contribution < -0.4 is 0 Å². The standard InChI is InChI=1S/C15H17F3O2/c1-10-4-5-12-11(8-10)9-13(20-12)14(2,19)6-3-7-15(16,17)18/h4-5,8-9,19H,3,6-7H2,1-2H3. The lowest BCUT2D eigenvalue weighted by Gasteiger charge is -2.20. The molecule has 0 amide bonds. The fraction of sp³-hybridized carbons (Fsp3) is 0.467. The van der Waals surface area contributed by atoms with Gasteiger partial charge in [-0.15, -0.1) is 0 Å². The second-order valence-electron chi connectivity index (χ2n) is 5.39. The van der Waals surface area contributed by atoms with Crippen molar-refractivity contribution < 1.29 is 22.7 Å². The van der Waals surface area contributed by atoms with Gasteiger partial charge in [-0.3, -0.25) is 0 Å². The smallest absolute Gasteiger partial charge is 0.389 e. The number of furan rings is 1. The highest BCUT2D eigenvalue weighted by atomic mass is 19.4. The molecule has 1 aromatic heterocycles. The Balaban J connectivity index is 2.14. The summed E-state index contributed by atoms with van der Waals surface area (Å²) < 4.78 is 42.0. The van der Waals surface area contributed by atoms with E-state index in [1.165, 1.54) is 6.92 Å². The van der Waals surface area contributed by atoms with Crippen LogP contribution in [0.15, 0.2) is 28.7 Å². The van der Waals surface area contributed by atoms with E-state index in [1.54, 1.807) is 12.1 Å². The zero-order valence-electron chi connectivity index (χ0n) is 11.4. The predicted molar refractivity (Wildman–Crippen MR) is 70.4 cm³/mol. The molecule has 1 atom stereocenters. The first-order chi connectivity index (χ1) is 9.17. The maximum Gasteiger partial charge on any atom is 0.389 e. The van der Waals surface area contributed by atoms with Crippen LogP contribution in [0.3, 0.4) is 0 Å². The number of aryl methyl sites for hydroxylation is 1. The molecule has 2 rings (SSSR count). The van der Waals surface area contributed by atoms with E-state index in [2.05, 4.69) is 0 Å². The summed E-state index contributed by atoms with van der Waals surface area (Å²) in [5.74, 6) is 0.306. The number of rotatable bonds is 4. The first kappa shape index (κ1) is 14.9. The van der Waals surface area contributed by atoms with Gasteiger partial charge in [0.15, 0.2) is 0 Å². The predicted octanol–water partition coefficient (Wildman–Crippen LogP) is 4.68. The van der Waals surface area contributed by atoms with Crippen LogP contribution in [0, 0.1) is 6.92 Å². The van der Waals surface area contributed by atoms with Crippen molar-refractivity contribution in [2.75, 3.05) is 0 Å². The Kier molecular flexibility index (Phi) is 3.82. The highest BCUT2D eigenvalue weighted by Crippen LogP contribution is 2.33. The molecule has 0 fully saturated rings. The van der Waals surface area contributed by atoms with Crippen LogP contribution >= 0.6 is 0 Å². The molecule has 0 spiro atoms. The summed E-state index contributed by atoms with van der Waals surface area (Å²) in [4.78, 5) is 0. The van der Waals surface area contributed by atoms with E-state index in [4.69, 9.17) is 4.42 Å². The Morgan fingerprint density at radius 2 is 1.85 bits per heavy atom. The minimum atomic E-state index is -4.19. The molecule has 0 bridgehead atoms. The highest BCUT2D eigenvalue weighted by Gasteiger charge is 2.31. The minimum Gasteiger partial charge on any atom is -0.458 e. The Morgan fingerprint density at radius 3 is 2.50 bits per heavy atom. The third-order valence-electron chi connectivity index (χ3n) is 3.33. The van der Waals surface area contributed by atoms with Gasteiger partial charge in [0.25, 0.3) is 0 Å². The van der Waals surface area contributed by atoms with Gasteiger partial charge < -0.3 is 9.52 Å². The highest BCUT2D eigenvalue weighted by molar-refractivity contribution is 5.78. The molecule has 20 heavy (non-hydrogen) atoms. The van der Waals surface area contributed by atoms with Crippen LogP contribution in [-0.4, -0.2) is 11.3 Å². The van der Waals surface area contributed by atoms with E-state index in [9.17, 15) is 18.3 Å². The Bertz CT molecular complexity index is 597. The fourth-order valence-electron chi connectivity index (χ4n) is 2.18. The van der Waals surface area contributed by atoms with E-state index >= 15 is 0 Å². The average molecular weight is 286 g/mol. The van der Waals surface area contributed by atoms with E-state index in [-0.39, 0.29) is 12.8 Å². The molecule has 110 valence electrons. The van der Waals surface area contributed by atoms with Gasteiger partial charge in [-0.2, -0.15) is 13.2 Å². The molecule has 0 saturated carbocycles. The lowest BCUT2D eigenvalue weighted by atomic mass is 9.96. The monoisotopic (exact) mass is 286 g/mol. The molecule has 0 aliphatic heterocycles. The second kappa shape index (κ2) is 5.13. The molecule has 0 radical (unpaired) electrons. The molecule has 0 aliphatic rings. The Hall–Kier alpha value is -1.49. The van der Waals surface area contributed by atoms with Crippen molar-refractivity contribution in [3.05, 3.63) is 35.6 Å². The van der Waals surface area contributed by atoms with Gasteiger partial charge >= 0.3 is 6.18 Å². The number of hydrogen-bond acceptors (Lipinski definition) is 2. The third kappa shape index (κ3) is 3.54. The largest absolute Gasteiger partial charge is 0.458 e. The van der Waals surface area contributed by atoms with Crippen LogP contribution in [-0.2, 0) is 5.60 Å². The van der Waals surface area contributed by atoms with Crippen molar-refractivity contribution in [2.24, 2.45) is 0 Å².